The molecular formula is C17H23FN4S. The third-order valence-corrected chi connectivity index (χ3v) is 5.97. The summed E-state index contributed by atoms with van der Waals surface area (Å²) in [5.41, 5.74) is -1.19. The number of aromatic nitrogens is 2. The number of nitrogens with one attached hydrogen (secondary N) is 1. The smallest absolute Gasteiger partial charge is 0.140 e. The summed E-state index contributed by atoms with van der Waals surface area (Å²) >= 11 is 1.59. The van der Waals surface area contributed by atoms with Gasteiger partial charge in [-0.05, 0) is 51.3 Å². The van der Waals surface area contributed by atoms with Crippen LogP contribution >= 0.6 is 11.3 Å². The molecule has 2 fully saturated rings. The van der Waals surface area contributed by atoms with Crippen molar-refractivity contribution >= 4 is 27.4 Å². The van der Waals surface area contributed by atoms with Gasteiger partial charge >= 0.3 is 0 Å². The highest BCUT2D eigenvalue weighted by atomic mass is 32.1. The first-order valence-electron chi connectivity index (χ1n) is 8.37. The van der Waals surface area contributed by atoms with Crippen LogP contribution in [0.1, 0.15) is 25.1 Å². The zero-order valence-corrected chi connectivity index (χ0v) is 14.5. The number of halogens is 1. The fourth-order valence-electron chi connectivity index (χ4n) is 3.89. The monoisotopic (exact) mass is 334 g/mol. The average molecular weight is 334 g/mol. The quantitative estimate of drug-likeness (QED) is 0.937. The van der Waals surface area contributed by atoms with Gasteiger partial charge in [0.05, 0.1) is 5.39 Å². The van der Waals surface area contributed by atoms with Gasteiger partial charge in [0.2, 0.25) is 0 Å². The lowest BCUT2D eigenvalue weighted by atomic mass is 9.90. The molecule has 0 saturated carbocycles. The Morgan fingerprint density at radius 2 is 2.17 bits per heavy atom. The molecule has 0 spiro atoms. The molecule has 0 bridgehead atoms. The lowest BCUT2D eigenvalue weighted by Crippen LogP contribution is -2.35. The molecule has 23 heavy (non-hydrogen) atoms. The Labute approximate surface area is 140 Å². The minimum atomic E-state index is -1.19. The molecule has 0 radical (unpaired) electrons. The van der Waals surface area contributed by atoms with E-state index in [0.29, 0.717) is 6.42 Å². The Morgan fingerprint density at radius 1 is 1.35 bits per heavy atom. The van der Waals surface area contributed by atoms with Gasteiger partial charge < -0.3 is 10.2 Å². The summed E-state index contributed by atoms with van der Waals surface area (Å²) in [5, 5.41) is 4.58. The number of nitrogens with zero attached hydrogens (tertiary/aromatic N) is 3. The predicted molar refractivity (Wildman–Crippen MR) is 93.0 cm³/mol. The van der Waals surface area contributed by atoms with Crippen molar-refractivity contribution < 1.29 is 4.39 Å². The molecule has 2 aliphatic heterocycles. The van der Waals surface area contributed by atoms with Gasteiger partial charge in [0, 0.05) is 24.4 Å². The minimum Gasteiger partial charge on any atom is -0.355 e. The number of anilines is 1. The maximum absolute atomic E-state index is 14.0. The number of thiophene rings is 1. The molecule has 4 nitrogen and oxygen atoms in total. The second-order valence-electron chi connectivity index (χ2n) is 7.44. The van der Waals surface area contributed by atoms with Crippen LogP contribution in [-0.4, -0.2) is 41.8 Å². The summed E-state index contributed by atoms with van der Waals surface area (Å²) in [6.07, 6.45) is 3.34. The highest BCUT2D eigenvalue weighted by Crippen LogP contribution is 2.37. The van der Waals surface area contributed by atoms with Crippen LogP contribution in [0, 0.1) is 11.8 Å². The van der Waals surface area contributed by atoms with E-state index < -0.39 is 5.67 Å². The van der Waals surface area contributed by atoms with E-state index in [1.807, 2.05) is 0 Å². The zero-order chi connectivity index (χ0) is 16.0. The lowest BCUT2D eigenvalue weighted by Gasteiger charge is -2.23. The molecule has 2 aliphatic rings. The molecular weight excluding hydrogens is 311 g/mol. The molecule has 124 valence electrons. The third kappa shape index (κ3) is 3.06. The van der Waals surface area contributed by atoms with E-state index in [9.17, 15) is 4.39 Å². The molecule has 0 unspecified atom stereocenters. The van der Waals surface area contributed by atoms with E-state index >= 15 is 0 Å². The van der Waals surface area contributed by atoms with Crippen molar-refractivity contribution in [3.63, 3.8) is 0 Å². The summed E-state index contributed by atoms with van der Waals surface area (Å²) < 4.78 is 14.0. The number of hydrogen-bond acceptors (Lipinski definition) is 5. The van der Waals surface area contributed by atoms with Crippen LogP contribution in [0.4, 0.5) is 10.2 Å². The Hall–Kier alpha value is -1.27. The molecule has 2 aromatic rings. The van der Waals surface area contributed by atoms with Crippen LogP contribution in [0.15, 0.2) is 12.4 Å². The van der Waals surface area contributed by atoms with Crippen LogP contribution < -0.4 is 10.2 Å². The second kappa shape index (κ2) is 5.67. The molecule has 2 saturated heterocycles. The largest absolute Gasteiger partial charge is 0.355 e. The van der Waals surface area contributed by atoms with Gasteiger partial charge in [-0.25, -0.2) is 14.4 Å². The van der Waals surface area contributed by atoms with Crippen molar-refractivity contribution in [2.45, 2.75) is 32.4 Å². The van der Waals surface area contributed by atoms with Crippen molar-refractivity contribution in [2.75, 3.05) is 31.1 Å². The van der Waals surface area contributed by atoms with Crippen molar-refractivity contribution in [3.8, 4) is 0 Å². The van der Waals surface area contributed by atoms with Gasteiger partial charge in [-0.3, -0.25) is 0 Å². The van der Waals surface area contributed by atoms with E-state index in [1.54, 1.807) is 31.5 Å². The van der Waals surface area contributed by atoms with Crippen LogP contribution in [0.2, 0.25) is 0 Å². The van der Waals surface area contributed by atoms with E-state index in [-0.39, 0.29) is 0 Å². The van der Waals surface area contributed by atoms with Gasteiger partial charge in [0.1, 0.15) is 22.6 Å². The van der Waals surface area contributed by atoms with Crippen molar-refractivity contribution in [3.05, 3.63) is 17.3 Å². The fourth-order valence-corrected chi connectivity index (χ4v) is 5.09. The Kier molecular flexibility index (Phi) is 3.76. The van der Waals surface area contributed by atoms with Gasteiger partial charge in [-0.1, -0.05) is 0 Å². The minimum absolute atomic E-state index is 0.433. The molecule has 6 heteroatoms. The third-order valence-electron chi connectivity index (χ3n) is 4.93. The number of piperidine rings is 1. The first-order valence-corrected chi connectivity index (χ1v) is 9.19. The summed E-state index contributed by atoms with van der Waals surface area (Å²) in [6, 6.07) is 2.09. The van der Waals surface area contributed by atoms with Gasteiger partial charge in [-0.15, -0.1) is 11.3 Å². The molecule has 4 heterocycles. The topological polar surface area (TPSA) is 41.0 Å². The van der Waals surface area contributed by atoms with Crippen LogP contribution in [-0.2, 0) is 6.42 Å². The van der Waals surface area contributed by atoms with Gasteiger partial charge in [-0.2, -0.15) is 0 Å². The van der Waals surface area contributed by atoms with Crippen molar-refractivity contribution in [1.29, 1.82) is 0 Å². The molecule has 4 rings (SSSR count). The molecule has 0 aliphatic carbocycles. The Morgan fingerprint density at radius 3 is 2.96 bits per heavy atom. The van der Waals surface area contributed by atoms with E-state index in [2.05, 4.69) is 26.3 Å². The van der Waals surface area contributed by atoms with Gasteiger partial charge in [0.15, 0.2) is 0 Å². The summed E-state index contributed by atoms with van der Waals surface area (Å²) in [5.74, 6) is 2.52. The molecule has 2 atom stereocenters. The summed E-state index contributed by atoms with van der Waals surface area (Å²) in [7, 11) is 0. The lowest BCUT2D eigenvalue weighted by molar-refractivity contribution is 0.218. The Balaban J connectivity index is 1.65. The van der Waals surface area contributed by atoms with E-state index in [4.69, 9.17) is 0 Å². The van der Waals surface area contributed by atoms with Gasteiger partial charge in [0.25, 0.3) is 0 Å². The number of alkyl halides is 1. The first-order chi connectivity index (χ1) is 11.0. The normalized spacial score (nSPS) is 25.1. The van der Waals surface area contributed by atoms with Crippen LogP contribution in [0.5, 0.6) is 0 Å². The molecule has 0 aromatic carbocycles. The molecule has 1 N–H and O–H groups in total. The standard InChI is InChI=1S/C17H23FN4S/c1-17(2,18)6-13-5-14-15(20-10-21-16(14)23-13)22-8-11-3-4-19-7-12(11)9-22/h5,10-12,19H,3-4,6-9H2,1-2H3/t11-,12+/m1/s1. The highest BCUT2D eigenvalue weighted by molar-refractivity contribution is 7.18. The van der Waals surface area contributed by atoms with E-state index in [0.717, 1.165) is 58.9 Å². The summed E-state index contributed by atoms with van der Waals surface area (Å²) in [4.78, 5) is 13.4. The molecule has 0 amide bonds. The SMILES string of the molecule is CC(C)(F)Cc1cc2c(N3C[C@H]4CCNC[C@H]4C3)ncnc2s1. The molecule has 2 aromatic heterocycles. The Bertz CT molecular complexity index is 694. The first kappa shape index (κ1) is 15.3. The summed E-state index contributed by atoms with van der Waals surface area (Å²) in [6.45, 7) is 7.63. The number of rotatable bonds is 3. The number of fused-ring (bicyclic) bond motifs is 2. The average Bonchev–Trinajstić information content (AvgIpc) is 3.07. The second-order valence-corrected chi connectivity index (χ2v) is 8.56. The maximum Gasteiger partial charge on any atom is 0.140 e. The van der Waals surface area contributed by atoms with Crippen LogP contribution in [0.3, 0.4) is 0 Å². The zero-order valence-electron chi connectivity index (χ0n) is 13.7. The predicted octanol–water partition coefficient (Wildman–Crippen LogP) is 3.03. The number of hydrogen-bond donors (Lipinski definition) is 1. The van der Waals surface area contributed by atoms with E-state index in [1.165, 1.54) is 6.42 Å². The highest BCUT2D eigenvalue weighted by Gasteiger charge is 2.35. The van der Waals surface area contributed by atoms with Crippen LogP contribution in [0.25, 0.3) is 10.2 Å². The maximum atomic E-state index is 14.0. The van der Waals surface area contributed by atoms with Crippen molar-refractivity contribution in [2.24, 2.45) is 11.8 Å². The van der Waals surface area contributed by atoms with Crippen molar-refractivity contribution in [1.82, 2.24) is 15.3 Å². The fraction of sp³-hybridized carbons (Fsp3) is 0.647.